The second-order valence-electron chi connectivity index (χ2n) is 4.87. The molecule has 20 heavy (non-hydrogen) atoms. The summed E-state index contributed by atoms with van der Waals surface area (Å²) in [4.78, 5) is 15.6. The summed E-state index contributed by atoms with van der Waals surface area (Å²) in [6.45, 7) is 2.04. The summed E-state index contributed by atoms with van der Waals surface area (Å²) in [7, 11) is 1.90. The molecule has 0 fully saturated rings. The summed E-state index contributed by atoms with van der Waals surface area (Å²) in [6.07, 6.45) is 0. The number of carboxylic acids is 1. The average molecular weight is 266 g/mol. The minimum atomic E-state index is -0.926. The van der Waals surface area contributed by atoms with E-state index in [1.165, 1.54) is 5.56 Å². The van der Waals surface area contributed by atoms with E-state index in [4.69, 9.17) is 5.11 Å². The molecule has 0 aliphatic rings. The molecule has 1 N–H and O–H groups in total. The van der Waals surface area contributed by atoms with Crippen molar-refractivity contribution in [3.05, 3.63) is 53.6 Å². The SMILES string of the molecule is Cc1cccc(-c2nc3ccc(C(=O)O)cc3n2C)c1. The quantitative estimate of drug-likeness (QED) is 0.774. The Bertz CT molecular complexity index is 818. The zero-order valence-electron chi connectivity index (χ0n) is 11.3. The first kappa shape index (κ1) is 12.4. The van der Waals surface area contributed by atoms with E-state index in [-0.39, 0.29) is 5.56 Å². The predicted molar refractivity (Wildman–Crippen MR) is 77.8 cm³/mol. The first-order chi connectivity index (χ1) is 9.56. The number of imidazole rings is 1. The normalized spacial score (nSPS) is 10.9. The molecule has 0 bridgehead atoms. The molecule has 3 rings (SSSR count). The number of rotatable bonds is 2. The second-order valence-corrected chi connectivity index (χ2v) is 4.87. The van der Waals surface area contributed by atoms with E-state index in [9.17, 15) is 4.79 Å². The fourth-order valence-electron chi connectivity index (χ4n) is 2.37. The molecule has 0 spiro atoms. The van der Waals surface area contributed by atoms with Crippen LogP contribution in [0, 0.1) is 6.92 Å². The van der Waals surface area contributed by atoms with Crippen LogP contribution in [0.5, 0.6) is 0 Å². The monoisotopic (exact) mass is 266 g/mol. The van der Waals surface area contributed by atoms with Gasteiger partial charge in [-0.1, -0.05) is 23.8 Å². The van der Waals surface area contributed by atoms with Crippen molar-refractivity contribution in [2.45, 2.75) is 6.92 Å². The highest BCUT2D eigenvalue weighted by atomic mass is 16.4. The summed E-state index contributed by atoms with van der Waals surface area (Å²) in [5, 5.41) is 9.07. The maximum Gasteiger partial charge on any atom is 0.335 e. The number of hydrogen-bond acceptors (Lipinski definition) is 2. The van der Waals surface area contributed by atoms with Gasteiger partial charge in [-0.15, -0.1) is 0 Å². The van der Waals surface area contributed by atoms with Gasteiger partial charge >= 0.3 is 5.97 Å². The van der Waals surface area contributed by atoms with E-state index >= 15 is 0 Å². The molecule has 1 aromatic heterocycles. The molecule has 0 unspecified atom stereocenters. The van der Waals surface area contributed by atoms with E-state index in [1.807, 2.05) is 36.7 Å². The van der Waals surface area contributed by atoms with E-state index in [0.29, 0.717) is 0 Å². The van der Waals surface area contributed by atoms with Crippen LogP contribution in [0.15, 0.2) is 42.5 Å². The first-order valence-electron chi connectivity index (χ1n) is 6.33. The largest absolute Gasteiger partial charge is 0.478 e. The number of aryl methyl sites for hydroxylation is 2. The number of hydrogen-bond donors (Lipinski definition) is 1. The molecule has 0 saturated heterocycles. The summed E-state index contributed by atoms with van der Waals surface area (Å²) in [5.41, 5.74) is 4.09. The lowest BCUT2D eigenvalue weighted by Gasteiger charge is -2.03. The van der Waals surface area contributed by atoms with Gasteiger partial charge in [-0.05, 0) is 31.2 Å². The van der Waals surface area contributed by atoms with Crippen molar-refractivity contribution in [1.29, 1.82) is 0 Å². The molecule has 100 valence electrons. The summed E-state index contributed by atoms with van der Waals surface area (Å²) in [6, 6.07) is 13.1. The van der Waals surface area contributed by atoms with Crippen LogP contribution in [0.4, 0.5) is 0 Å². The average Bonchev–Trinajstić information content (AvgIpc) is 2.76. The van der Waals surface area contributed by atoms with Gasteiger partial charge in [-0.25, -0.2) is 9.78 Å². The van der Waals surface area contributed by atoms with Crippen LogP contribution in [0.25, 0.3) is 22.4 Å². The highest BCUT2D eigenvalue weighted by Gasteiger charge is 2.12. The Morgan fingerprint density at radius 2 is 2.00 bits per heavy atom. The number of carbonyl (C=O) groups is 1. The topological polar surface area (TPSA) is 55.1 Å². The van der Waals surface area contributed by atoms with Crippen LogP contribution in [0.2, 0.25) is 0 Å². The van der Waals surface area contributed by atoms with Crippen molar-refractivity contribution in [3.8, 4) is 11.4 Å². The predicted octanol–water partition coefficient (Wildman–Crippen LogP) is 3.25. The van der Waals surface area contributed by atoms with Gasteiger partial charge in [0.25, 0.3) is 0 Å². The Morgan fingerprint density at radius 1 is 1.20 bits per heavy atom. The second kappa shape index (κ2) is 4.49. The molecule has 0 radical (unpaired) electrons. The van der Waals surface area contributed by atoms with Crippen molar-refractivity contribution in [1.82, 2.24) is 9.55 Å². The number of fused-ring (bicyclic) bond motifs is 1. The van der Waals surface area contributed by atoms with E-state index in [2.05, 4.69) is 11.1 Å². The molecule has 4 nitrogen and oxygen atoms in total. The number of aromatic carboxylic acids is 1. The van der Waals surface area contributed by atoms with Gasteiger partial charge in [-0.3, -0.25) is 0 Å². The number of carboxylic acid groups (broad SMARTS) is 1. The van der Waals surface area contributed by atoms with Gasteiger partial charge in [0.05, 0.1) is 16.6 Å². The third-order valence-electron chi connectivity index (χ3n) is 3.40. The van der Waals surface area contributed by atoms with Crippen LogP contribution in [-0.2, 0) is 7.05 Å². The third kappa shape index (κ3) is 1.95. The lowest BCUT2D eigenvalue weighted by molar-refractivity contribution is 0.0697. The van der Waals surface area contributed by atoms with Crippen LogP contribution >= 0.6 is 0 Å². The maximum atomic E-state index is 11.0. The van der Waals surface area contributed by atoms with Crippen molar-refractivity contribution in [2.75, 3.05) is 0 Å². The molecule has 4 heteroatoms. The van der Waals surface area contributed by atoms with Gasteiger partial charge in [0.1, 0.15) is 5.82 Å². The highest BCUT2D eigenvalue weighted by Crippen LogP contribution is 2.25. The standard InChI is InChI=1S/C16H14N2O2/c1-10-4-3-5-11(8-10)15-17-13-7-6-12(16(19)20)9-14(13)18(15)2/h3-9H,1-2H3,(H,19,20). The summed E-state index contributed by atoms with van der Waals surface area (Å²) >= 11 is 0. The molecule has 0 amide bonds. The summed E-state index contributed by atoms with van der Waals surface area (Å²) in [5.74, 6) is -0.0866. The van der Waals surface area contributed by atoms with Crippen molar-refractivity contribution < 1.29 is 9.90 Å². The van der Waals surface area contributed by atoms with Gasteiger partial charge in [-0.2, -0.15) is 0 Å². The fourth-order valence-corrected chi connectivity index (χ4v) is 2.37. The molecule has 0 saturated carbocycles. The summed E-state index contributed by atoms with van der Waals surface area (Å²) < 4.78 is 1.93. The smallest absolute Gasteiger partial charge is 0.335 e. The molecule has 0 aliphatic carbocycles. The van der Waals surface area contributed by atoms with Crippen LogP contribution < -0.4 is 0 Å². The highest BCUT2D eigenvalue weighted by molar-refractivity contribution is 5.93. The lowest BCUT2D eigenvalue weighted by atomic mass is 10.1. The van der Waals surface area contributed by atoms with E-state index < -0.39 is 5.97 Å². The zero-order chi connectivity index (χ0) is 14.3. The Labute approximate surface area is 116 Å². The first-order valence-corrected chi connectivity index (χ1v) is 6.33. The van der Waals surface area contributed by atoms with Crippen LogP contribution in [0.3, 0.4) is 0 Å². The molecule has 1 heterocycles. The molecule has 0 aliphatic heterocycles. The third-order valence-corrected chi connectivity index (χ3v) is 3.40. The molecule has 0 atom stereocenters. The Morgan fingerprint density at radius 3 is 2.70 bits per heavy atom. The molecular weight excluding hydrogens is 252 g/mol. The Balaban J connectivity index is 2.23. The van der Waals surface area contributed by atoms with Gasteiger partial charge in [0.2, 0.25) is 0 Å². The molecular formula is C16H14N2O2. The Hall–Kier alpha value is -2.62. The number of benzene rings is 2. The number of aromatic nitrogens is 2. The van der Waals surface area contributed by atoms with Gasteiger partial charge in [0, 0.05) is 12.6 Å². The maximum absolute atomic E-state index is 11.0. The van der Waals surface area contributed by atoms with Crippen LogP contribution in [0.1, 0.15) is 15.9 Å². The van der Waals surface area contributed by atoms with E-state index in [1.54, 1.807) is 18.2 Å². The number of nitrogens with zero attached hydrogens (tertiary/aromatic N) is 2. The minimum absolute atomic E-state index is 0.274. The lowest BCUT2D eigenvalue weighted by Crippen LogP contribution is -1.97. The van der Waals surface area contributed by atoms with Crippen molar-refractivity contribution in [2.24, 2.45) is 7.05 Å². The van der Waals surface area contributed by atoms with Crippen molar-refractivity contribution in [3.63, 3.8) is 0 Å². The van der Waals surface area contributed by atoms with Crippen LogP contribution in [-0.4, -0.2) is 20.6 Å². The zero-order valence-corrected chi connectivity index (χ0v) is 11.3. The minimum Gasteiger partial charge on any atom is -0.478 e. The van der Waals surface area contributed by atoms with Gasteiger partial charge in [0.15, 0.2) is 0 Å². The Kier molecular flexibility index (Phi) is 2.79. The molecule has 3 aromatic rings. The fraction of sp³-hybridized carbons (Fsp3) is 0.125. The van der Waals surface area contributed by atoms with Gasteiger partial charge < -0.3 is 9.67 Å². The van der Waals surface area contributed by atoms with Crippen molar-refractivity contribution >= 4 is 17.0 Å². The van der Waals surface area contributed by atoms with E-state index in [0.717, 1.165) is 22.4 Å². The molecule has 2 aromatic carbocycles.